The average Bonchev–Trinajstić information content (AvgIpc) is 3.44. The van der Waals surface area contributed by atoms with Crippen molar-refractivity contribution in [1.82, 2.24) is 10.2 Å². The van der Waals surface area contributed by atoms with Crippen LogP contribution in [0.4, 0.5) is 0 Å². The number of carbonyl (C=O) groups excluding carboxylic acids is 2. The van der Waals surface area contributed by atoms with Crippen LogP contribution in [0.1, 0.15) is 26.2 Å². The quantitative estimate of drug-likeness (QED) is 0.629. The summed E-state index contributed by atoms with van der Waals surface area (Å²) in [5.74, 6) is 1.52. The molecule has 1 unspecified atom stereocenters. The zero-order valence-corrected chi connectivity index (χ0v) is 16.2. The normalized spacial score (nSPS) is 19.3. The first-order valence-corrected chi connectivity index (χ1v) is 9.82. The largest absolute Gasteiger partial charge is 0.486 e. The summed E-state index contributed by atoms with van der Waals surface area (Å²) >= 11 is 0. The minimum Gasteiger partial charge on any atom is -0.486 e. The van der Waals surface area contributed by atoms with Gasteiger partial charge in [-0.2, -0.15) is 0 Å². The average molecular weight is 376 g/mol. The Kier molecular flexibility index (Phi) is 6.55. The lowest BCUT2D eigenvalue weighted by Crippen LogP contribution is -3.11. The van der Waals surface area contributed by atoms with E-state index in [1.165, 1.54) is 0 Å². The predicted octanol–water partition coefficient (Wildman–Crippen LogP) is -0.142. The number of nitrogens with one attached hydrogen (secondary N) is 2. The Balaban J connectivity index is 1.50. The van der Waals surface area contributed by atoms with Crippen molar-refractivity contribution in [3.63, 3.8) is 0 Å². The van der Waals surface area contributed by atoms with E-state index in [1.807, 2.05) is 43.1 Å². The number of ether oxygens (including phenoxy) is 2. The van der Waals surface area contributed by atoms with Crippen molar-refractivity contribution < 1.29 is 24.0 Å². The first kappa shape index (κ1) is 19.5. The van der Waals surface area contributed by atoms with Crippen LogP contribution in [0.25, 0.3) is 0 Å². The maximum absolute atomic E-state index is 12.8. The zero-order chi connectivity index (χ0) is 19.2. The summed E-state index contributed by atoms with van der Waals surface area (Å²) in [4.78, 5) is 27.4. The van der Waals surface area contributed by atoms with Gasteiger partial charge in [-0.15, -0.1) is 0 Å². The summed E-state index contributed by atoms with van der Waals surface area (Å²) in [6.07, 6.45) is 2.83. The van der Waals surface area contributed by atoms with E-state index in [1.54, 1.807) is 0 Å². The molecule has 1 saturated carbocycles. The molecule has 1 aliphatic carbocycles. The molecule has 7 nitrogen and oxygen atoms in total. The Bertz CT molecular complexity index is 662. The molecule has 0 saturated heterocycles. The Hall–Kier alpha value is -2.28. The summed E-state index contributed by atoms with van der Waals surface area (Å²) in [6, 6.07) is 7.93. The second-order valence-electron chi connectivity index (χ2n) is 7.49. The number of hydrogen-bond donors (Lipinski definition) is 2. The van der Waals surface area contributed by atoms with Crippen LogP contribution < -0.4 is 19.7 Å². The molecule has 27 heavy (non-hydrogen) atoms. The molecule has 1 aromatic carbocycles. The van der Waals surface area contributed by atoms with E-state index in [2.05, 4.69) is 5.32 Å². The molecular formula is C20H30N3O4+. The van der Waals surface area contributed by atoms with E-state index in [0.29, 0.717) is 38.8 Å². The van der Waals surface area contributed by atoms with Crippen molar-refractivity contribution in [1.29, 1.82) is 0 Å². The first-order chi connectivity index (χ1) is 13.0. The molecule has 2 aliphatic rings. The lowest BCUT2D eigenvalue weighted by molar-refractivity contribution is -0.863. The summed E-state index contributed by atoms with van der Waals surface area (Å²) < 4.78 is 11.7. The van der Waals surface area contributed by atoms with Crippen LogP contribution in [-0.4, -0.2) is 68.7 Å². The maximum Gasteiger partial charge on any atom is 0.277 e. The third-order valence-corrected chi connectivity index (χ3v) is 4.70. The number of likely N-dealkylation sites (N-methyl/N-ethyl adjacent to an activating group) is 1. The third kappa shape index (κ3) is 5.85. The summed E-state index contributed by atoms with van der Waals surface area (Å²) in [5, 5.41) is 2.97. The predicted molar refractivity (Wildman–Crippen MR) is 101 cm³/mol. The van der Waals surface area contributed by atoms with E-state index >= 15 is 0 Å². The minimum absolute atomic E-state index is 0.0189. The molecule has 1 aliphatic heterocycles. The van der Waals surface area contributed by atoms with E-state index in [4.69, 9.17) is 9.47 Å². The van der Waals surface area contributed by atoms with Gasteiger partial charge in [0.1, 0.15) is 6.61 Å². The van der Waals surface area contributed by atoms with Gasteiger partial charge in [-0.1, -0.05) is 19.1 Å². The highest BCUT2D eigenvalue weighted by Gasteiger charge is 2.28. The summed E-state index contributed by atoms with van der Waals surface area (Å²) in [7, 11) is 1.88. The molecule has 1 aromatic rings. The van der Waals surface area contributed by atoms with E-state index in [-0.39, 0.29) is 17.9 Å². The SMILES string of the molecule is CCCN(C[C@@H]1COc2ccccc2O1)C(=O)C[NH+](C)CC(=O)NC1CC1. The van der Waals surface area contributed by atoms with E-state index in [9.17, 15) is 9.59 Å². The molecule has 1 heterocycles. The number of amides is 2. The van der Waals surface area contributed by atoms with Gasteiger partial charge in [0.15, 0.2) is 30.7 Å². The number of fused-ring (bicyclic) bond motifs is 1. The molecule has 3 rings (SSSR count). The lowest BCUT2D eigenvalue weighted by Gasteiger charge is -2.31. The lowest BCUT2D eigenvalue weighted by atomic mass is 10.2. The number of hydrogen-bond acceptors (Lipinski definition) is 4. The molecule has 2 atom stereocenters. The monoisotopic (exact) mass is 376 g/mol. The van der Waals surface area contributed by atoms with Crippen molar-refractivity contribution in [2.75, 3.05) is 39.8 Å². The van der Waals surface area contributed by atoms with Gasteiger partial charge in [-0.05, 0) is 31.4 Å². The van der Waals surface area contributed by atoms with Gasteiger partial charge in [0.2, 0.25) is 0 Å². The highest BCUT2D eigenvalue weighted by Crippen LogP contribution is 2.31. The van der Waals surface area contributed by atoms with E-state index in [0.717, 1.165) is 35.7 Å². The molecule has 2 N–H and O–H groups in total. The minimum atomic E-state index is -0.186. The van der Waals surface area contributed by atoms with Crippen molar-refractivity contribution in [3.8, 4) is 11.5 Å². The fraction of sp³-hybridized carbons (Fsp3) is 0.600. The third-order valence-electron chi connectivity index (χ3n) is 4.70. The van der Waals surface area contributed by atoms with Gasteiger partial charge in [-0.25, -0.2) is 0 Å². The standard InChI is InChI=1S/C20H29N3O4/c1-3-10-23(11-16-14-26-17-6-4-5-7-18(17)27-16)20(25)13-22(2)12-19(24)21-15-8-9-15/h4-7,15-16H,3,8-14H2,1-2H3,(H,21,24)/p+1/t16-/m1/s1. The van der Waals surface area contributed by atoms with Gasteiger partial charge < -0.3 is 24.6 Å². The number of rotatable bonds is 9. The number of quaternary nitrogens is 1. The highest BCUT2D eigenvalue weighted by molar-refractivity contribution is 5.79. The molecule has 2 amide bonds. The Labute approximate surface area is 160 Å². The van der Waals surface area contributed by atoms with Gasteiger partial charge in [-0.3, -0.25) is 9.59 Å². The van der Waals surface area contributed by atoms with Crippen molar-refractivity contribution >= 4 is 11.8 Å². The van der Waals surface area contributed by atoms with Crippen LogP contribution in [0.2, 0.25) is 0 Å². The Morgan fingerprint density at radius 1 is 1.22 bits per heavy atom. The molecular weight excluding hydrogens is 346 g/mol. The molecule has 0 spiro atoms. The zero-order valence-electron chi connectivity index (χ0n) is 16.2. The van der Waals surface area contributed by atoms with Gasteiger partial charge in [0.05, 0.1) is 13.6 Å². The van der Waals surface area contributed by atoms with Crippen molar-refractivity contribution in [2.45, 2.75) is 38.3 Å². The Morgan fingerprint density at radius 3 is 2.67 bits per heavy atom. The number of carbonyl (C=O) groups is 2. The van der Waals surface area contributed by atoms with Crippen LogP contribution in [0.3, 0.4) is 0 Å². The van der Waals surface area contributed by atoms with Gasteiger partial charge >= 0.3 is 0 Å². The van der Waals surface area contributed by atoms with Crippen LogP contribution >= 0.6 is 0 Å². The molecule has 148 valence electrons. The molecule has 1 fully saturated rings. The fourth-order valence-corrected chi connectivity index (χ4v) is 3.20. The second kappa shape index (κ2) is 9.08. The highest BCUT2D eigenvalue weighted by atomic mass is 16.6. The van der Waals surface area contributed by atoms with Crippen LogP contribution in [0, 0.1) is 0 Å². The molecule has 0 aromatic heterocycles. The van der Waals surface area contributed by atoms with Crippen LogP contribution in [0.5, 0.6) is 11.5 Å². The fourth-order valence-electron chi connectivity index (χ4n) is 3.20. The topological polar surface area (TPSA) is 72.3 Å². The van der Waals surface area contributed by atoms with Gasteiger partial charge in [0, 0.05) is 12.6 Å². The first-order valence-electron chi connectivity index (χ1n) is 9.82. The smallest absolute Gasteiger partial charge is 0.277 e. The van der Waals surface area contributed by atoms with Crippen LogP contribution in [0.15, 0.2) is 24.3 Å². The Morgan fingerprint density at radius 2 is 1.96 bits per heavy atom. The molecule has 7 heteroatoms. The molecule has 0 radical (unpaired) electrons. The molecule has 0 bridgehead atoms. The number of para-hydroxylation sites is 2. The summed E-state index contributed by atoms with van der Waals surface area (Å²) in [5.41, 5.74) is 0. The number of benzene rings is 1. The summed E-state index contributed by atoms with van der Waals surface area (Å²) in [6.45, 7) is 4.25. The van der Waals surface area contributed by atoms with E-state index < -0.39 is 0 Å². The van der Waals surface area contributed by atoms with Crippen molar-refractivity contribution in [3.05, 3.63) is 24.3 Å². The second-order valence-corrected chi connectivity index (χ2v) is 7.49. The number of nitrogens with zero attached hydrogens (tertiary/aromatic N) is 1. The maximum atomic E-state index is 12.8. The van der Waals surface area contributed by atoms with Crippen LogP contribution in [-0.2, 0) is 9.59 Å². The van der Waals surface area contributed by atoms with Gasteiger partial charge in [0.25, 0.3) is 11.8 Å². The van der Waals surface area contributed by atoms with Crippen molar-refractivity contribution in [2.24, 2.45) is 0 Å².